The third kappa shape index (κ3) is 1.09. The monoisotopic (exact) mass is 167 g/mol. The number of hydrogen-bond donors (Lipinski definition) is 1. The number of likely N-dealkylation sites (tertiary alicyclic amines) is 1. The van der Waals surface area contributed by atoms with Gasteiger partial charge < -0.3 is 10.0 Å². The fraction of sp³-hybridized carbons (Fsp3) is 0.667. The van der Waals surface area contributed by atoms with Crippen molar-refractivity contribution in [2.45, 2.75) is 19.3 Å². The molecule has 0 aromatic carbocycles. The van der Waals surface area contributed by atoms with Crippen LogP contribution < -0.4 is 0 Å². The van der Waals surface area contributed by atoms with E-state index in [9.17, 15) is 4.79 Å². The number of rotatable bonds is 0. The highest BCUT2D eigenvalue weighted by atomic mass is 16.4. The first-order chi connectivity index (χ1) is 5.72. The van der Waals surface area contributed by atoms with Gasteiger partial charge in [0.15, 0.2) is 0 Å². The molecule has 0 saturated carbocycles. The normalized spacial score (nSPS) is 25.5. The summed E-state index contributed by atoms with van der Waals surface area (Å²) in [5.74, 6) is 0. The molecule has 0 aromatic heterocycles. The van der Waals surface area contributed by atoms with Gasteiger partial charge in [0.1, 0.15) is 0 Å². The Morgan fingerprint density at radius 2 is 2.17 bits per heavy atom. The third-order valence-electron chi connectivity index (χ3n) is 2.88. The number of carbonyl (C=O) groups is 1. The molecular weight excluding hydrogens is 154 g/mol. The molecule has 2 aliphatic rings. The minimum atomic E-state index is -0.768. The van der Waals surface area contributed by atoms with Crippen molar-refractivity contribution in [1.29, 1.82) is 0 Å². The number of hydrogen-bond acceptors (Lipinski definition) is 1. The van der Waals surface area contributed by atoms with Crippen LogP contribution in [0.1, 0.15) is 19.3 Å². The molecule has 0 aromatic rings. The minimum Gasteiger partial charge on any atom is -0.465 e. The fourth-order valence-corrected chi connectivity index (χ4v) is 2.13. The smallest absolute Gasteiger partial charge is 0.407 e. The molecule has 0 radical (unpaired) electrons. The lowest BCUT2D eigenvalue weighted by molar-refractivity contribution is 0.00421. The van der Waals surface area contributed by atoms with Gasteiger partial charge >= 0.3 is 6.09 Å². The lowest BCUT2D eigenvalue weighted by Gasteiger charge is -2.49. The zero-order chi connectivity index (χ0) is 8.60. The van der Waals surface area contributed by atoms with Crippen LogP contribution in [-0.2, 0) is 0 Å². The average Bonchev–Trinajstić information content (AvgIpc) is 2.01. The molecule has 0 bridgehead atoms. The lowest BCUT2D eigenvalue weighted by Crippen LogP contribution is -2.58. The van der Waals surface area contributed by atoms with Crippen molar-refractivity contribution in [1.82, 2.24) is 4.90 Å². The molecule has 1 N–H and O–H groups in total. The summed E-state index contributed by atoms with van der Waals surface area (Å²) in [4.78, 5) is 12.0. The summed E-state index contributed by atoms with van der Waals surface area (Å²) in [6.07, 6.45) is 6.95. The number of amides is 1. The van der Waals surface area contributed by atoms with Crippen LogP contribution in [0.2, 0.25) is 0 Å². The SMILES string of the molecule is O=C(O)N1CC2(CC=CCC2)C1. The highest BCUT2D eigenvalue weighted by molar-refractivity contribution is 5.66. The first-order valence-electron chi connectivity index (χ1n) is 4.35. The van der Waals surface area contributed by atoms with Crippen LogP contribution in [0.5, 0.6) is 0 Å². The molecule has 3 nitrogen and oxygen atoms in total. The Labute approximate surface area is 71.7 Å². The van der Waals surface area contributed by atoms with E-state index in [0.717, 1.165) is 32.4 Å². The van der Waals surface area contributed by atoms with E-state index in [2.05, 4.69) is 12.2 Å². The first-order valence-corrected chi connectivity index (χ1v) is 4.35. The van der Waals surface area contributed by atoms with E-state index in [1.165, 1.54) is 4.90 Å². The van der Waals surface area contributed by atoms with Gasteiger partial charge in [-0.1, -0.05) is 12.2 Å². The van der Waals surface area contributed by atoms with Crippen LogP contribution in [0, 0.1) is 5.41 Å². The van der Waals surface area contributed by atoms with Crippen LogP contribution in [-0.4, -0.2) is 29.2 Å². The second kappa shape index (κ2) is 2.51. The van der Waals surface area contributed by atoms with E-state index >= 15 is 0 Å². The van der Waals surface area contributed by atoms with Gasteiger partial charge in [0, 0.05) is 18.5 Å². The van der Waals surface area contributed by atoms with E-state index in [1.54, 1.807) is 0 Å². The van der Waals surface area contributed by atoms with Gasteiger partial charge in [-0.2, -0.15) is 0 Å². The number of allylic oxidation sites excluding steroid dienone is 2. The predicted octanol–water partition coefficient (Wildman–Crippen LogP) is 1.71. The van der Waals surface area contributed by atoms with Crippen molar-refractivity contribution < 1.29 is 9.90 Å². The molecule has 1 aliphatic heterocycles. The summed E-state index contributed by atoms with van der Waals surface area (Å²) < 4.78 is 0. The average molecular weight is 167 g/mol. The molecule has 3 heteroatoms. The van der Waals surface area contributed by atoms with E-state index in [0.29, 0.717) is 5.41 Å². The van der Waals surface area contributed by atoms with Crippen LogP contribution in [0.4, 0.5) is 4.79 Å². The Kier molecular flexibility index (Phi) is 1.60. The summed E-state index contributed by atoms with van der Waals surface area (Å²) in [5, 5.41) is 8.66. The predicted molar refractivity (Wildman–Crippen MR) is 45.0 cm³/mol. The van der Waals surface area contributed by atoms with E-state index in [4.69, 9.17) is 5.11 Å². The largest absolute Gasteiger partial charge is 0.465 e. The molecule has 1 heterocycles. The quantitative estimate of drug-likeness (QED) is 0.558. The highest BCUT2D eigenvalue weighted by Gasteiger charge is 2.44. The van der Waals surface area contributed by atoms with E-state index < -0.39 is 6.09 Å². The maximum atomic E-state index is 10.5. The van der Waals surface area contributed by atoms with E-state index in [1.807, 2.05) is 0 Å². The van der Waals surface area contributed by atoms with Crippen LogP contribution in [0.25, 0.3) is 0 Å². The maximum Gasteiger partial charge on any atom is 0.407 e. The first kappa shape index (κ1) is 7.65. The number of nitrogens with zero attached hydrogens (tertiary/aromatic N) is 1. The zero-order valence-electron chi connectivity index (χ0n) is 6.99. The van der Waals surface area contributed by atoms with Crippen LogP contribution in [0.3, 0.4) is 0 Å². The summed E-state index contributed by atoms with van der Waals surface area (Å²) in [5.41, 5.74) is 0.313. The van der Waals surface area contributed by atoms with Crippen LogP contribution in [0.15, 0.2) is 12.2 Å². The standard InChI is InChI=1S/C9H13NO2/c11-8(12)10-6-9(7-10)4-2-1-3-5-9/h1-2H,3-7H2,(H,11,12). The third-order valence-corrected chi connectivity index (χ3v) is 2.88. The Balaban J connectivity index is 1.93. The van der Waals surface area contributed by atoms with Gasteiger partial charge in [-0.05, 0) is 19.3 Å². The molecule has 1 fully saturated rings. The van der Waals surface area contributed by atoms with Gasteiger partial charge in [-0.15, -0.1) is 0 Å². The second-order valence-corrected chi connectivity index (χ2v) is 3.85. The Hall–Kier alpha value is -0.990. The molecular formula is C9H13NO2. The second-order valence-electron chi connectivity index (χ2n) is 3.85. The Morgan fingerprint density at radius 3 is 2.67 bits per heavy atom. The van der Waals surface area contributed by atoms with Crippen molar-refractivity contribution in [3.63, 3.8) is 0 Å². The van der Waals surface area contributed by atoms with Crippen molar-refractivity contribution in [2.24, 2.45) is 5.41 Å². The summed E-state index contributed by atoms with van der Waals surface area (Å²) in [6.45, 7) is 1.49. The van der Waals surface area contributed by atoms with Gasteiger partial charge in [-0.25, -0.2) is 4.79 Å². The van der Waals surface area contributed by atoms with Crippen molar-refractivity contribution in [2.75, 3.05) is 13.1 Å². The fourth-order valence-electron chi connectivity index (χ4n) is 2.13. The Bertz CT molecular complexity index is 229. The summed E-state index contributed by atoms with van der Waals surface area (Å²) in [7, 11) is 0. The van der Waals surface area contributed by atoms with Gasteiger partial charge in [0.25, 0.3) is 0 Å². The molecule has 1 spiro atoms. The molecule has 0 unspecified atom stereocenters. The Morgan fingerprint density at radius 1 is 1.42 bits per heavy atom. The molecule has 0 atom stereocenters. The van der Waals surface area contributed by atoms with Gasteiger partial charge in [0.2, 0.25) is 0 Å². The molecule has 66 valence electrons. The van der Waals surface area contributed by atoms with Crippen molar-refractivity contribution >= 4 is 6.09 Å². The highest BCUT2D eigenvalue weighted by Crippen LogP contribution is 2.41. The van der Waals surface area contributed by atoms with Crippen molar-refractivity contribution in [3.05, 3.63) is 12.2 Å². The summed E-state index contributed by atoms with van der Waals surface area (Å²) >= 11 is 0. The number of carboxylic acid groups (broad SMARTS) is 1. The molecule has 2 rings (SSSR count). The van der Waals surface area contributed by atoms with Crippen LogP contribution >= 0.6 is 0 Å². The molecule has 1 saturated heterocycles. The van der Waals surface area contributed by atoms with Crippen molar-refractivity contribution in [3.8, 4) is 0 Å². The lowest BCUT2D eigenvalue weighted by atomic mass is 9.71. The minimum absolute atomic E-state index is 0.313. The topological polar surface area (TPSA) is 40.5 Å². The molecule has 12 heavy (non-hydrogen) atoms. The maximum absolute atomic E-state index is 10.5. The van der Waals surface area contributed by atoms with Gasteiger partial charge in [0.05, 0.1) is 0 Å². The van der Waals surface area contributed by atoms with E-state index in [-0.39, 0.29) is 0 Å². The summed E-state index contributed by atoms with van der Waals surface area (Å²) in [6, 6.07) is 0. The molecule has 1 amide bonds. The van der Waals surface area contributed by atoms with Gasteiger partial charge in [-0.3, -0.25) is 0 Å². The molecule has 1 aliphatic carbocycles. The zero-order valence-corrected chi connectivity index (χ0v) is 6.99.